The van der Waals surface area contributed by atoms with E-state index in [2.05, 4.69) is 10.3 Å². The van der Waals surface area contributed by atoms with Gasteiger partial charge in [0.25, 0.3) is 0 Å². The maximum absolute atomic E-state index is 12.8. The van der Waals surface area contributed by atoms with Crippen LogP contribution in [0, 0.1) is 0 Å². The highest BCUT2D eigenvalue weighted by atomic mass is 32.1. The van der Waals surface area contributed by atoms with E-state index in [4.69, 9.17) is 5.11 Å². The Labute approximate surface area is 114 Å². The zero-order valence-corrected chi connectivity index (χ0v) is 10.6. The first-order valence-corrected chi connectivity index (χ1v) is 6.17. The highest BCUT2D eigenvalue weighted by Crippen LogP contribution is 2.30. The maximum Gasteiger partial charge on any atom is 0.421 e. The Morgan fingerprint density at radius 3 is 2.80 bits per heavy atom. The van der Waals surface area contributed by atoms with E-state index in [9.17, 15) is 22.4 Å². The lowest BCUT2D eigenvalue weighted by Crippen LogP contribution is -2.31. The van der Waals surface area contributed by atoms with E-state index in [0.29, 0.717) is 10.1 Å². The van der Waals surface area contributed by atoms with Crippen molar-refractivity contribution in [1.29, 1.82) is 0 Å². The smallest absolute Gasteiger partial charge is 0.421 e. The first-order valence-electron chi connectivity index (χ1n) is 5.35. The number of halogens is 4. The van der Waals surface area contributed by atoms with E-state index >= 15 is 0 Å². The van der Waals surface area contributed by atoms with Crippen LogP contribution in [0.5, 0.6) is 0 Å². The molecular weight excluding hydrogens is 300 g/mol. The second kappa shape index (κ2) is 5.23. The number of aromatic carboxylic acids is 1. The van der Waals surface area contributed by atoms with Crippen molar-refractivity contribution < 1.29 is 27.5 Å². The molecule has 1 atom stereocenters. The van der Waals surface area contributed by atoms with Crippen molar-refractivity contribution in [3.05, 3.63) is 23.2 Å². The SMILES string of the molecule is O=C(O)c1cc2c(NCC(F)C(F)(F)F)nccc2s1. The van der Waals surface area contributed by atoms with Gasteiger partial charge in [-0.1, -0.05) is 0 Å². The zero-order chi connectivity index (χ0) is 14.9. The Morgan fingerprint density at radius 2 is 2.20 bits per heavy atom. The minimum Gasteiger partial charge on any atom is -0.477 e. The molecule has 2 rings (SSSR count). The molecule has 0 amide bonds. The third kappa shape index (κ3) is 2.98. The maximum atomic E-state index is 12.8. The minimum absolute atomic E-state index is 0.0261. The molecule has 108 valence electrons. The largest absolute Gasteiger partial charge is 0.477 e. The molecule has 2 heterocycles. The van der Waals surface area contributed by atoms with Crippen molar-refractivity contribution in [3.8, 4) is 0 Å². The van der Waals surface area contributed by atoms with Crippen LogP contribution in [0.3, 0.4) is 0 Å². The topological polar surface area (TPSA) is 62.2 Å². The Balaban J connectivity index is 2.24. The average molecular weight is 308 g/mol. The molecule has 0 aromatic carbocycles. The van der Waals surface area contributed by atoms with Crippen molar-refractivity contribution in [2.75, 3.05) is 11.9 Å². The van der Waals surface area contributed by atoms with E-state index in [1.807, 2.05) is 0 Å². The summed E-state index contributed by atoms with van der Waals surface area (Å²) in [6.07, 6.45) is -6.65. The zero-order valence-electron chi connectivity index (χ0n) is 9.74. The quantitative estimate of drug-likeness (QED) is 0.851. The fourth-order valence-electron chi connectivity index (χ4n) is 1.51. The first-order chi connectivity index (χ1) is 9.29. The van der Waals surface area contributed by atoms with Gasteiger partial charge in [-0.05, 0) is 12.1 Å². The number of carboxylic acid groups (broad SMARTS) is 1. The number of rotatable bonds is 4. The van der Waals surface area contributed by atoms with Crippen molar-refractivity contribution in [3.63, 3.8) is 0 Å². The minimum atomic E-state index is -4.94. The number of nitrogens with one attached hydrogen (secondary N) is 1. The molecule has 0 saturated carbocycles. The van der Waals surface area contributed by atoms with Crippen LogP contribution in [-0.4, -0.2) is 35.0 Å². The Kier molecular flexibility index (Phi) is 3.80. The van der Waals surface area contributed by atoms with Crippen LogP contribution >= 0.6 is 11.3 Å². The molecule has 0 bridgehead atoms. The molecule has 2 aromatic heterocycles. The summed E-state index contributed by atoms with van der Waals surface area (Å²) in [5, 5.41) is 11.5. The van der Waals surface area contributed by atoms with Crippen LogP contribution in [0.15, 0.2) is 18.3 Å². The summed E-state index contributed by atoms with van der Waals surface area (Å²) in [5.41, 5.74) is 0. The van der Waals surface area contributed by atoms with Crippen LogP contribution < -0.4 is 5.32 Å². The summed E-state index contributed by atoms with van der Waals surface area (Å²) in [4.78, 5) is 14.7. The van der Waals surface area contributed by atoms with Gasteiger partial charge in [0.05, 0.1) is 6.54 Å². The molecule has 0 fully saturated rings. The second-order valence-corrected chi connectivity index (χ2v) is 4.96. The van der Waals surface area contributed by atoms with Gasteiger partial charge in [-0.3, -0.25) is 0 Å². The molecule has 0 aliphatic rings. The lowest BCUT2D eigenvalue weighted by atomic mass is 10.3. The van der Waals surface area contributed by atoms with Gasteiger partial charge in [-0.25, -0.2) is 14.2 Å². The van der Waals surface area contributed by atoms with Gasteiger partial charge in [0.15, 0.2) is 0 Å². The molecule has 9 heteroatoms. The number of carboxylic acids is 1. The molecule has 0 aliphatic carbocycles. The molecule has 0 aliphatic heterocycles. The monoisotopic (exact) mass is 308 g/mol. The first kappa shape index (κ1) is 14.5. The Hall–Kier alpha value is -1.90. The highest BCUT2D eigenvalue weighted by Gasteiger charge is 2.39. The number of fused-ring (bicyclic) bond motifs is 1. The van der Waals surface area contributed by atoms with Crippen LogP contribution in [0.1, 0.15) is 9.67 Å². The van der Waals surface area contributed by atoms with Crippen LogP contribution in [-0.2, 0) is 0 Å². The second-order valence-electron chi connectivity index (χ2n) is 3.88. The van der Waals surface area contributed by atoms with Crippen molar-refractivity contribution in [1.82, 2.24) is 4.98 Å². The normalized spacial score (nSPS) is 13.4. The molecular formula is C11H8F4N2O2S. The van der Waals surface area contributed by atoms with Gasteiger partial charge < -0.3 is 10.4 Å². The number of anilines is 1. The lowest BCUT2D eigenvalue weighted by Gasteiger charge is -2.13. The number of hydrogen-bond acceptors (Lipinski definition) is 4. The Morgan fingerprint density at radius 1 is 1.50 bits per heavy atom. The van der Waals surface area contributed by atoms with Crippen molar-refractivity contribution >= 4 is 33.2 Å². The molecule has 20 heavy (non-hydrogen) atoms. The van der Waals surface area contributed by atoms with Crippen LogP contribution in [0.2, 0.25) is 0 Å². The van der Waals surface area contributed by atoms with Crippen molar-refractivity contribution in [2.24, 2.45) is 0 Å². The highest BCUT2D eigenvalue weighted by molar-refractivity contribution is 7.20. The molecule has 1 unspecified atom stereocenters. The third-order valence-corrected chi connectivity index (χ3v) is 3.55. The summed E-state index contributed by atoms with van der Waals surface area (Å²) in [6, 6.07) is 2.83. The number of thiophene rings is 1. The number of aromatic nitrogens is 1. The van der Waals surface area contributed by atoms with E-state index in [0.717, 1.165) is 11.3 Å². The van der Waals surface area contributed by atoms with E-state index in [1.54, 1.807) is 0 Å². The van der Waals surface area contributed by atoms with Gasteiger partial charge in [0.1, 0.15) is 10.7 Å². The summed E-state index contributed by atoms with van der Waals surface area (Å²) >= 11 is 0.964. The fraction of sp³-hybridized carbons (Fsp3) is 0.273. The van der Waals surface area contributed by atoms with Gasteiger partial charge in [0, 0.05) is 16.3 Å². The van der Waals surface area contributed by atoms with Crippen LogP contribution in [0.25, 0.3) is 10.1 Å². The summed E-state index contributed by atoms with van der Waals surface area (Å²) in [7, 11) is 0. The van der Waals surface area contributed by atoms with E-state index < -0.39 is 24.9 Å². The predicted octanol–water partition coefficient (Wildman–Crippen LogP) is 3.31. The number of carbonyl (C=O) groups is 1. The average Bonchev–Trinajstić information content (AvgIpc) is 2.79. The van der Waals surface area contributed by atoms with E-state index in [-0.39, 0.29) is 10.7 Å². The third-order valence-electron chi connectivity index (χ3n) is 2.46. The Bertz CT molecular complexity index is 641. The van der Waals surface area contributed by atoms with Crippen molar-refractivity contribution in [2.45, 2.75) is 12.3 Å². The summed E-state index contributed by atoms with van der Waals surface area (Å²) < 4.78 is 49.6. The number of nitrogens with zero attached hydrogens (tertiary/aromatic N) is 1. The molecule has 4 nitrogen and oxygen atoms in total. The number of pyridine rings is 1. The lowest BCUT2D eigenvalue weighted by molar-refractivity contribution is -0.176. The number of hydrogen-bond donors (Lipinski definition) is 2. The summed E-state index contributed by atoms with van der Waals surface area (Å²) in [5.74, 6) is -1.12. The van der Waals surface area contributed by atoms with Crippen LogP contribution in [0.4, 0.5) is 23.4 Å². The van der Waals surface area contributed by atoms with Gasteiger partial charge in [-0.15, -0.1) is 11.3 Å². The molecule has 2 aromatic rings. The fourth-order valence-corrected chi connectivity index (χ4v) is 2.41. The van der Waals surface area contributed by atoms with Gasteiger partial charge in [-0.2, -0.15) is 13.2 Å². The number of alkyl halides is 4. The predicted molar refractivity (Wildman–Crippen MR) is 66.0 cm³/mol. The standard InChI is InChI=1S/C11H8F4N2O2S/c12-8(11(13,14)15)4-17-9-5-3-7(10(18)19)20-6(5)1-2-16-9/h1-3,8H,4H2,(H,16,17)(H,18,19). The molecule has 0 radical (unpaired) electrons. The molecule has 0 spiro atoms. The van der Waals surface area contributed by atoms with Gasteiger partial charge >= 0.3 is 12.1 Å². The van der Waals surface area contributed by atoms with E-state index in [1.165, 1.54) is 18.3 Å². The van der Waals surface area contributed by atoms with Gasteiger partial charge in [0.2, 0.25) is 6.17 Å². The molecule has 0 saturated heterocycles. The summed E-state index contributed by atoms with van der Waals surface area (Å²) in [6.45, 7) is -0.978. The molecule has 2 N–H and O–H groups in total.